The minimum absolute atomic E-state index is 0.000552. The highest BCUT2D eigenvalue weighted by Crippen LogP contribution is 2.70. The Morgan fingerprint density at radius 3 is 2.25 bits per heavy atom. The maximum atomic E-state index is 14.2. The average molecular weight is 553 g/mol. The van der Waals surface area contributed by atoms with E-state index in [4.69, 9.17) is 0 Å². The van der Waals surface area contributed by atoms with Gasteiger partial charge >= 0.3 is 0 Å². The minimum Gasteiger partial charge on any atom is -0.351 e. The van der Waals surface area contributed by atoms with E-state index < -0.39 is 23.0 Å². The largest absolute Gasteiger partial charge is 0.351 e. The number of hydrogen-bond donors (Lipinski definition) is 1. The zero-order valence-corrected chi connectivity index (χ0v) is 25.9. The third kappa shape index (κ3) is 4.70. The number of nitriles is 1. The lowest BCUT2D eigenvalue weighted by Crippen LogP contribution is -2.60. The Morgan fingerprint density at radius 1 is 0.975 bits per heavy atom. The molecular formula is C34H49FN2O3. The van der Waals surface area contributed by atoms with Crippen molar-refractivity contribution in [2.75, 3.05) is 6.67 Å². The molecule has 2 saturated carbocycles. The Labute approximate surface area is 240 Å². The quantitative estimate of drug-likeness (QED) is 0.401. The zero-order chi connectivity index (χ0) is 29.9. The van der Waals surface area contributed by atoms with Crippen molar-refractivity contribution in [3.05, 3.63) is 23.3 Å². The van der Waals surface area contributed by atoms with Crippen LogP contribution in [0.4, 0.5) is 4.39 Å². The highest BCUT2D eigenvalue weighted by Gasteiger charge is 2.65. The Balaban J connectivity index is 1.85. The topological polar surface area (TPSA) is 87.0 Å². The molecular weight excluding hydrogens is 503 g/mol. The van der Waals surface area contributed by atoms with Gasteiger partial charge in [-0.05, 0) is 86.5 Å². The number of Topliss-reactive ketones (excluding diaryl/α,β-unsaturated/α-hetero) is 1. The summed E-state index contributed by atoms with van der Waals surface area (Å²) in [4.78, 5) is 40.0. The number of halogens is 1. The van der Waals surface area contributed by atoms with Crippen LogP contribution in [0, 0.1) is 50.2 Å². The molecule has 0 radical (unpaired) electrons. The van der Waals surface area contributed by atoms with Gasteiger partial charge in [-0.1, -0.05) is 60.1 Å². The maximum Gasteiger partial charge on any atom is 0.223 e. The van der Waals surface area contributed by atoms with E-state index in [1.54, 1.807) is 0 Å². The molecule has 6 atom stereocenters. The van der Waals surface area contributed by atoms with E-state index in [1.807, 2.05) is 26.0 Å². The van der Waals surface area contributed by atoms with Crippen LogP contribution in [0.5, 0.6) is 0 Å². The number of carbonyl (C=O) groups excluding carboxylic acids is 3. The number of amides is 1. The van der Waals surface area contributed by atoms with E-state index in [9.17, 15) is 24.0 Å². The van der Waals surface area contributed by atoms with E-state index in [1.165, 1.54) is 0 Å². The van der Waals surface area contributed by atoms with Crippen molar-refractivity contribution >= 4 is 17.5 Å². The third-order valence-electron chi connectivity index (χ3n) is 12.2. The molecule has 5 nitrogen and oxygen atoms in total. The fourth-order valence-electron chi connectivity index (χ4n) is 9.20. The first kappa shape index (κ1) is 30.7. The number of fused-ring (bicyclic) bond motifs is 5. The molecule has 6 heteroatoms. The molecule has 0 aromatic heterocycles. The predicted molar refractivity (Wildman–Crippen MR) is 155 cm³/mol. The SMILES string of the molecule is CC1(C)CCC2C(=O)C=C3[C@@]4(C)C=C(C#N)C(=O)C(C)(C)[C@@H]4CC[C@@]3(C)[C@]2(C)CC[C@@](C)(NC(=O)CCF)CC1. The van der Waals surface area contributed by atoms with Gasteiger partial charge < -0.3 is 5.32 Å². The first-order valence-electron chi connectivity index (χ1n) is 15.2. The molecule has 0 heterocycles. The fraction of sp³-hybridized carbons (Fsp3) is 0.765. The molecule has 4 rings (SSSR count). The molecule has 0 saturated heterocycles. The van der Waals surface area contributed by atoms with E-state index in [0.29, 0.717) is 6.42 Å². The first-order chi connectivity index (χ1) is 18.4. The number of alkyl halides is 1. The van der Waals surface area contributed by atoms with E-state index in [0.717, 1.165) is 50.5 Å². The highest BCUT2D eigenvalue weighted by molar-refractivity contribution is 6.04. The summed E-state index contributed by atoms with van der Waals surface area (Å²) in [6.07, 6.45) is 10.2. The number of hydrogen-bond acceptors (Lipinski definition) is 4. The summed E-state index contributed by atoms with van der Waals surface area (Å²) in [5.41, 5.74) is -1.22. The molecule has 0 aromatic carbocycles. The van der Waals surface area contributed by atoms with Crippen molar-refractivity contribution in [2.45, 2.75) is 119 Å². The van der Waals surface area contributed by atoms with Gasteiger partial charge in [0.1, 0.15) is 6.07 Å². The van der Waals surface area contributed by atoms with Crippen LogP contribution in [-0.4, -0.2) is 29.7 Å². The molecule has 2 fully saturated rings. The second-order valence-corrected chi connectivity index (χ2v) is 15.6. The fourth-order valence-corrected chi connectivity index (χ4v) is 9.20. The molecule has 0 bridgehead atoms. The molecule has 220 valence electrons. The average Bonchev–Trinajstić information content (AvgIpc) is 2.85. The van der Waals surface area contributed by atoms with Gasteiger partial charge in [0.05, 0.1) is 18.7 Å². The summed E-state index contributed by atoms with van der Waals surface area (Å²) in [5.74, 6) is -0.362. The molecule has 1 amide bonds. The Kier molecular flexibility index (Phi) is 7.60. The molecule has 1 unspecified atom stereocenters. The highest BCUT2D eigenvalue weighted by atomic mass is 19.1. The van der Waals surface area contributed by atoms with Crippen LogP contribution in [0.3, 0.4) is 0 Å². The van der Waals surface area contributed by atoms with Crippen LogP contribution >= 0.6 is 0 Å². The number of allylic oxidation sites excluding steroid dienone is 4. The van der Waals surface area contributed by atoms with E-state index >= 15 is 0 Å². The minimum atomic E-state index is -0.697. The van der Waals surface area contributed by atoms with Crippen LogP contribution in [0.2, 0.25) is 0 Å². The molecule has 1 N–H and O–H groups in total. The number of nitrogens with zero attached hydrogens (tertiary/aromatic N) is 1. The smallest absolute Gasteiger partial charge is 0.223 e. The van der Waals surface area contributed by atoms with Gasteiger partial charge in [0.15, 0.2) is 11.6 Å². The Bertz CT molecular complexity index is 1210. The Morgan fingerprint density at radius 2 is 1.62 bits per heavy atom. The zero-order valence-electron chi connectivity index (χ0n) is 25.9. The molecule has 0 spiro atoms. The van der Waals surface area contributed by atoms with Crippen molar-refractivity contribution in [3.63, 3.8) is 0 Å². The van der Waals surface area contributed by atoms with Gasteiger partial charge in [-0.3, -0.25) is 18.8 Å². The van der Waals surface area contributed by atoms with Crippen LogP contribution in [0.25, 0.3) is 0 Å². The van der Waals surface area contributed by atoms with Crippen LogP contribution < -0.4 is 5.32 Å². The lowest BCUT2D eigenvalue weighted by Gasteiger charge is -2.65. The second kappa shape index (κ2) is 9.92. The second-order valence-electron chi connectivity index (χ2n) is 15.6. The summed E-state index contributed by atoms with van der Waals surface area (Å²) in [7, 11) is 0. The Hall–Kier alpha value is -2.29. The number of rotatable bonds is 3. The molecule has 4 aliphatic carbocycles. The summed E-state index contributed by atoms with van der Waals surface area (Å²) in [6.45, 7) is 16.5. The lowest BCUT2D eigenvalue weighted by molar-refractivity contribution is -0.139. The van der Waals surface area contributed by atoms with E-state index in [2.05, 4.69) is 52.9 Å². The molecule has 40 heavy (non-hydrogen) atoms. The monoisotopic (exact) mass is 552 g/mol. The van der Waals surface area contributed by atoms with Gasteiger partial charge in [-0.25, -0.2) is 0 Å². The number of nitrogens with one attached hydrogen (secondary N) is 1. The van der Waals surface area contributed by atoms with Crippen LogP contribution in [0.15, 0.2) is 23.3 Å². The third-order valence-corrected chi connectivity index (χ3v) is 12.2. The number of carbonyl (C=O) groups is 3. The van der Waals surface area contributed by atoms with Crippen molar-refractivity contribution in [1.29, 1.82) is 5.26 Å². The molecule has 0 aromatic rings. The van der Waals surface area contributed by atoms with Gasteiger partial charge in [-0.2, -0.15) is 5.26 Å². The van der Waals surface area contributed by atoms with Gasteiger partial charge in [0, 0.05) is 22.3 Å². The van der Waals surface area contributed by atoms with Gasteiger partial charge in [0.2, 0.25) is 5.91 Å². The van der Waals surface area contributed by atoms with Crippen molar-refractivity contribution in [3.8, 4) is 6.07 Å². The first-order valence-corrected chi connectivity index (χ1v) is 15.2. The normalized spacial score (nSPS) is 40.8. The summed E-state index contributed by atoms with van der Waals surface area (Å²) in [6, 6.07) is 2.17. The predicted octanol–water partition coefficient (Wildman–Crippen LogP) is 7.21. The lowest BCUT2D eigenvalue weighted by atomic mass is 9.38. The molecule has 0 aliphatic heterocycles. The summed E-state index contributed by atoms with van der Waals surface area (Å²) >= 11 is 0. The number of ketones is 2. The van der Waals surface area contributed by atoms with Crippen LogP contribution in [0.1, 0.15) is 113 Å². The van der Waals surface area contributed by atoms with Gasteiger partial charge in [-0.15, -0.1) is 0 Å². The van der Waals surface area contributed by atoms with Gasteiger partial charge in [0.25, 0.3) is 0 Å². The van der Waals surface area contributed by atoms with Crippen molar-refractivity contribution < 1.29 is 18.8 Å². The van der Waals surface area contributed by atoms with Crippen molar-refractivity contribution in [1.82, 2.24) is 5.32 Å². The summed E-state index contributed by atoms with van der Waals surface area (Å²) in [5, 5.41) is 13.1. The van der Waals surface area contributed by atoms with Crippen molar-refractivity contribution in [2.24, 2.45) is 38.9 Å². The van der Waals surface area contributed by atoms with Crippen LogP contribution in [-0.2, 0) is 14.4 Å². The summed E-state index contributed by atoms with van der Waals surface area (Å²) < 4.78 is 13.0. The standard InChI is InChI=1S/C34H49FN2O3/c1-29(2)12-9-23-24(38)19-26-32(6)20-22(21-36)28(40)30(3,4)25(32)10-13-34(26,8)33(23,7)17-16-31(5,15-14-29)37-27(39)11-18-35/h19-20,23,25H,9-18H2,1-8H3,(H,37,39)/t23?,25-,31-,32-,33+,34+/m0/s1. The van der Waals surface area contributed by atoms with E-state index in [-0.39, 0.29) is 57.5 Å². The molecule has 4 aliphatic rings. The maximum absolute atomic E-state index is 14.2.